The second kappa shape index (κ2) is 11.4. The maximum absolute atomic E-state index is 13.1. The molecule has 13 nitrogen and oxygen atoms in total. The van der Waals surface area contributed by atoms with Gasteiger partial charge in [0, 0.05) is 63.6 Å². The molecule has 2 aliphatic carbocycles. The van der Waals surface area contributed by atoms with Gasteiger partial charge in [-0.3, -0.25) is 24.7 Å². The number of benzene rings is 1. The first-order chi connectivity index (χ1) is 20.0. The van der Waals surface area contributed by atoms with Crippen LogP contribution >= 0.6 is 0 Å². The molecule has 2 aliphatic heterocycles. The summed E-state index contributed by atoms with van der Waals surface area (Å²) in [4.78, 5) is 54.2. The number of likely N-dealkylation sites (N-methyl/N-ethyl adjacent to an activating group) is 2. The number of carbonyl (C=O) groups is 4. The van der Waals surface area contributed by atoms with Gasteiger partial charge in [0.1, 0.15) is 6.04 Å². The number of likely N-dealkylation sites (tertiary alicyclic amines) is 1. The molecule has 13 heteroatoms. The van der Waals surface area contributed by atoms with Crippen molar-refractivity contribution >= 4 is 29.7 Å². The predicted molar refractivity (Wildman–Crippen MR) is 153 cm³/mol. The van der Waals surface area contributed by atoms with Gasteiger partial charge < -0.3 is 36.1 Å². The van der Waals surface area contributed by atoms with Gasteiger partial charge in [0.2, 0.25) is 11.8 Å². The lowest BCUT2D eigenvalue weighted by molar-refractivity contribution is -0.194. The zero-order valence-electron chi connectivity index (χ0n) is 24.6. The molecule has 5 rings (SSSR count). The van der Waals surface area contributed by atoms with Crippen molar-refractivity contribution in [3.05, 3.63) is 23.3 Å². The average molecular weight is 584 g/mol. The summed E-state index contributed by atoms with van der Waals surface area (Å²) in [6.45, 7) is 3.91. The number of ether oxygens (including phenoxy) is 2. The summed E-state index contributed by atoms with van der Waals surface area (Å²) < 4.78 is 12.2. The van der Waals surface area contributed by atoms with Gasteiger partial charge in [0.25, 0.3) is 0 Å². The topological polar surface area (TPSA) is 179 Å². The molecule has 0 bridgehead atoms. The highest BCUT2D eigenvalue weighted by Crippen LogP contribution is 2.70. The Morgan fingerprint density at radius 1 is 1.24 bits per heavy atom. The molecule has 42 heavy (non-hydrogen) atoms. The number of guanidine groups is 1. The van der Waals surface area contributed by atoms with E-state index >= 15 is 0 Å². The fourth-order valence-corrected chi connectivity index (χ4v) is 7.38. The first kappa shape index (κ1) is 29.6. The van der Waals surface area contributed by atoms with E-state index in [0.717, 1.165) is 24.0 Å². The standard InChI is InChI=1S/C29H41N7O6/c1-5-20(38)25-29-14-19-23(29)18(36(19)4)13-16-8-9-21(24(42-25)22(16)29)41-28(40)35(3)12-11-32-26(39)17(34-15(2)37)7-6-10-33-27(30)31/h8-9,17-19,23,25H,5-7,10-14H2,1-4H3,(H,32,39)(H,34,37)(H4,30,31,33)/t17-,18-,19?,23-,25+,29-/m1/s1. The van der Waals surface area contributed by atoms with E-state index < -0.39 is 18.2 Å². The van der Waals surface area contributed by atoms with Gasteiger partial charge in [-0.1, -0.05) is 13.0 Å². The van der Waals surface area contributed by atoms with Crippen LogP contribution in [0.4, 0.5) is 4.79 Å². The number of hydrogen-bond donors (Lipinski definition) is 5. The molecule has 1 aromatic rings. The van der Waals surface area contributed by atoms with Crippen LogP contribution in [0.5, 0.6) is 11.5 Å². The molecule has 228 valence electrons. The van der Waals surface area contributed by atoms with E-state index in [0.29, 0.717) is 55.3 Å². The highest BCUT2D eigenvalue weighted by molar-refractivity contribution is 5.89. The lowest BCUT2D eigenvalue weighted by Gasteiger charge is -2.72. The molecule has 2 heterocycles. The van der Waals surface area contributed by atoms with Crippen LogP contribution in [0.1, 0.15) is 50.7 Å². The monoisotopic (exact) mass is 583 g/mol. The zero-order chi connectivity index (χ0) is 30.3. The first-order valence-corrected chi connectivity index (χ1v) is 14.6. The van der Waals surface area contributed by atoms with Crippen LogP contribution in [-0.2, 0) is 26.2 Å². The van der Waals surface area contributed by atoms with Crippen molar-refractivity contribution in [1.82, 2.24) is 25.8 Å². The molecular formula is C29H41N7O6. The Labute approximate surface area is 245 Å². The van der Waals surface area contributed by atoms with E-state index in [1.54, 1.807) is 13.1 Å². The number of hydrogen-bond acceptors (Lipinski definition) is 8. The van der Waals surface area contributed by atoms with E-state index in [-0.39, 0.29) is 42.1 Å². The lowest BCUT2D eigenvalue weighted by atomic mass is 9.41. The Morgan fingerprint density at radius 3 is 2.69 bits per heavy atom. The number of piperidine rings is 1. The third kappa shape index (κ3) is 4.93. The maximum atomic E-state index is 13.1. The van der Waals surface area contributed by atoms with Crippen molar-refractivity contribution in [3.63, 3.8) is 0 Å². The smallest absolute Gasteiger partial charge is 0.415 e. The fraction of sp³-hybridized carbons (Fsp3) is 0.621. The molecule has 3 amide bonds. The summed E-state index contributed by atoms with van der Waals surface area (Å²) in [5, 5.41) is 15.3. The van der Waals surface area contributed by atoms with Crippen LogP contribution < -0.4 is 31.2 Å². The van der Waals surface area contributed by atoms with Gasteiger partial charge in [-0.2, -0.15) is 0 Å². The summed E-state index contributed by atoms with van der Waals surface area (Å²) in [6.07, 6.45) is 1.84. The third-order valence-corrected chi connectivity index (χ3v) is 9.40. The molecule has 1 aromatic carbocycles. The molecule has 1 saturated carbocycles. The Bertz CT molecular complexity index is 1300. The molecular weight excluding hydrogens is 542 g/mol. The Kier molecular flexibility index (Phi) is 8.06. The molecule has 6 N–H and O–H groups in total. The Hall–Kier alpha value is -3.87. The summed E-state index contributed by atoms with van der Waals surface area (Å²) in [5.41, 5.74) is 7.13. The van der Waals surface area contributed by atoms with Gasteiger partial charge in [-0.05, 0) is 44.4 Å². The highest BCUT2D eigenvalue weighted by atomic mass is 16.6. The molecule has 4 aliphatic rings. The molecule has 1 saturated heterocycles. The number of amides is 3. The van der Waals surface area contributed by atoms with Crippen LogP contribution in [0.2, 0.25) is 0 Å². The zero-order valence-corrected chi connectivity index (χ0v) is 24.6. The van der Waals surface area contributed by atoms with E-state index in [1.165, 1.54) is 11.8 Å². The summed E-state index contributed by atoms with van der Waals surface area (Å²) in [7, 11) is 3.72. The van der Waals surface area contributed by atoms with Crippen molar-refractivity contribution in [2.75, 3.05) is 33.7 Å². The van der Waals surface area contributed by atoms with E-state index in [1.807, 2.05) is 13.0 Å². The SMILES string of the molecule is CCC(=O)[C@@H]1Oc2c(OC(=O)N(C)CCNC(=O)[C@@H](CCCNC(=N)N)NC(C)=O)ccc3c2[C@@]12CC1[C@H]2[C@@H](C3)N1C. The van der Waals surface area contributed by atoms with E-state index in [9.17, 15) is 19.2 Å². The number of ketones is 1. The Morgan fingerprint density at radius 2 is 2.00 bits per heavy atom. The van der Waals surface area contributed by atoms with Crippen LogP contribution in [0, 0.1) is 11.3 Å². The third-order valence-electron chi connectivity index (χ3n) is 9.40. The van der Waals surface area contributed by atoms with E-state index in [4.69, 9.17) is 20.6 Å². The first-order valence-electron chi connectivity index (χ1n) is 14.6. The average Bonchev–Trinajstić information content (AvgIpc) is 3.30. The van der Waals surface area contributed by atoms with Gasteiger partial charge in [-0.25, -0.2) is 4.79 Å². The number of carbonyl (C=O) groups excluding carboxylic acids is 4. The molecule has 2 fully saturated rings. The number of nitrogens with two attached hydrogens (primary N) is 1. The summed E-state index contributed by atoms with van der Waals surface area (Å²) in [6, 6.07) is 3.85. The van der Waals surface area contributed by atoms with Crippen LogP contribution in [0.3, 0.4) is 0 Å². The van der Waals surface area contributed by atoms with Crippen molar-refractivity contribution < 1.29 is 28.7 Å². The molecule has 0 radical (unpaired) electrons. The van der Waals surface area contributed by atoms with Crippen molar-refractivity contribution in [1.29, 1.82) is 5.41 Å². The minimum atomic E-state index is -0.752. The predicted octanol–water partition coefficient (Wildman–Crippen LogP) is 0.238. The van der Waals surface area contributed by atoms with Gasteiger partial charge in [-0.15, -0.1) is 0 Å². The van der Waals surface area contributed by atoms with Gasteiger partial charge >= 0.3 is 6.09 Å². The quantitative estimate of drug-likeness (QED) is 0.131. The van der Waals surface area contributed by atoms with E-state index in [2.05, 4.69) is 27.9 Å². The number of rotatable bonds is 12. The molecule has 6 atom stereocenters. The largest absolute Gasteiger partial charge is 0.477 e. The molecule has 0 aromatic heterocycles. The molecule has 1 spiro atoms. The number of Topliss-reactive ketones (excluding diaryl/α,β-unsaturated/α-hetero) is 1. The van der Waals surface area contributed by atoms with Crippen LogP contribution in [0.15, 0.2) is 12.1 Å². The van der Waals surface area contributed by atoms with Crippen molar-refractivity contribution in [3.8, 4) is 11.5 Å². The number of nitrogens with zero attached hydrogens (tertiary/aromatic N) is 2. The minimum Gasteiger partial charge on any atom is -0.477 e. The fourth-order valence-electron chi connectivity index (χ4n) is 7.38. The van der Waals surface area contributed by atoms with Gasteiger partial charge in [0.05, 0.1) is 5.41 Å². The van der Waals surface area contributed by atoms with Crippen LogP contribution in [-0.4, -0.2) is 97.4 Å². The minimum absolute atomic E-state index is 0.0728. The Balaban J connectivity index is 1.20. The van der Waals surface area contributed by atoms with Crippen molar-refractivity contribution in [2.24, 2.45) is 11.7 Å². The van der Waals surface area contributed by atoms with Crippen LogP contribution in [0.25, 0.3) is 0 Å². The summed E-state index contributed by atoms with van der Waals surface area (Å²) in [5.74, 6) is 0.397. The second-order valence-electron chi connectivity index (χ2n) is 11.8. The van der Waals surface area contributed by atoms with Crippen molar-refractivity contribution in [2.45, 2.75) is 75.6 Å². The normalized spacial score (nSPS) is 26.7. The maximum Gasteiger partial charge on any atom is 0.415 e. The number of nitrogens with one attached hydrogen (secondary N) is 4. The second-order valence-corrected chi connectivity index (χ2v) is 11.8. The molecule has 1 unspecified atom stereocenters. The van der Waals surface area contributed by atoms with Gasteiger partial charge in [0.15, 0.2) is 29.3 Å². The highest BCUT2D eigenvalue weighted by Gasteiger charge is 2.75. The summed E-state index contributed by atoms with van der Waals surface area (Å²) >= 11 is 0. The lowest BCUT2D eigenvalue weighted by Crippen LogP contribution is -2.81.